The average molecular weight is 323 g/mol. The summed E-state index contributed by atoms with van der Waals surface area (Å²) in [5.41, 5.74) is 0.636. The van der Waals surface area contributed by atoms with Crippen molar-refractivity contribution < 1.29 is 13.2 Å². The quantitative estimate of drug-likeness (QED) is 0.854. The minimum Gasteiger partial charge on any atom is -0.315 e. The lowest BCUT2D eigenvalue weighted by molar-refractivity contribution is -0.119. The minimum atomic E-state index is -3.26. The Kier molecular flexibility index (Phi) is 5.27. The van der Waals surface area contributed by atoms with Crippen LogP contribution in [0.2, 0.25) is 0 Å². The van der Waals surface area contributed by atoms with E-state index in [0.29, 0.717) is 23.9 Å². The summed E-state index contributed by atoms with van der Waals surface area (Å²) in [7, 11) is -1.54. The molecule has 0 heterocycles. The van der Waals surface area contributed by atoms with E-state index >= 15 is 0 Å². The Balaban J connectivity index is 2.07. The predicted molar refractivity (Wildman–Crippen MR) is 88.7 cm³/mol. The molecule has 0 spiro atoms. The van der Waals surface area contributed by atoms with Crippen LogP contribution in [0.1, 0.15) is 39.0 Å². The summed E-state index contributed by atoms with van der Waals surface area (Å²) in [5.74, 6) is 1.21. The van der Waals surface area contributed by atoms with Crippen LogP contribution in [0.25, 0.3) is 0 Å². The van der Waals surface area contributed by atoms with Crippen LogP contribution in [-0.4, -0.2) is 27.6 Å². The van der Waals surface area contributed by atoms with Gasteiger partial charge in [-0.15, -0.1) is 0 Å². The summed E-state index contributed by atoms with van der Waals surface area (Å²) in [5, 5.41) is 0. The second-order valence-electron chi connectivity index (χ2n) is 6.56. The third kappa shape index (κ3) is 4.32. The van der Waals surface area contributed by atoms with E-state index in [4.69, 9.17) is 0 Å². The van der Waals surface area contributed by atoms with E-state index in [1.165, 1.54) is 19.1 Å². The van der Waals surface area contributed by atoms with Crippen LogP contribution >= 0.6 is 0 Å². The van der Waals surface area contributed by atoms with Gasteiger partial charge in [-0.2, -0.15) is 0 Å². The van der Waals surface area contributed by atoms with Gasteiger partial charge in [0.05, 0.1) is 4.90 Å². The Labute approximate surface area is 133 Å². The number of anilines is 1. The van der Waals surface area contributed by atoms with Crippen molar-refractivity contribution >= 4 is 21.4 Å². The molecule has 1 fully saturated rings. The van der Waals surface area contributed by atoms with Crippen molar-refractivity contribution in [2.45, 2.75) is 43.9 Å². The molecule has 122 valence electrons. The van der Waals surface area contributed by atoms with Gasteiger partial charge in [0, 0.05) is 25.4 Å². The lowest BCUT2D eigenvalue weighted by Gasteiger charge is -2.28. The molecule has 5 heteroatoms. The number of amides is 1. The number of benzene rings is 1. The van der Waals surface area contributed by atoms with Crippen molar-refractivity contribution in [2.75, 3.05) is 18.2 Å². The maximum atomic E-state index is 12.5. The fourth-order valence-corrected chi connectivity index (χ4v) is 3.86. The van der Waals surface area contributed by atoms with Gasteiger partial charge in [-0.1, -0.05) is 25.8 Å². The summed E-state index contributed by atoms with van der Waals surface area (Å²) in [6, 6.07) is 6.57. The molecule has 2 unspecified atom stereocenters. The number of rotatable bonds is 4. The Morgan fingerprint density at radius 3 is 2.68 bits per heavy atom. The Morgan fingerprint density at radius 2 is 2.05 bits per heavy atom. The summed E-state index contributed by atoms with van der Waals surface area (Å²) in [6.07, 6.45) is 6.42. The van der Waals surface area contributed by atoms with Crippen LogP contribution in [0, 0.1) is 11.8 Å². The van der Waals surface area contributed by atoms with Gasteiger partial charge in [-0.05, 0) is 42.9 Å². The molecule has 0 N–H and O–H groups in total. The van der Waals surface area contributed by atoms with Gasteiger partial charge in [-0.3, -0.25) is 4.79 Å². The predicted octanol–water partition coefficient (Wildman–Crippen LogP) is 3.27. The van der Waals surface area contributed by atoms with Crippen molar-refractivity contribution in [3.8, 4) is 0 Å². The highest BCUT2D eigenvalue weighted by atomic mass is 32.2. The highest BCUT2D eigenvalue weighted by molar-refractivity contribution is 7.90. The molecule has 0 bridgehead atoms. The molecule has 1 aliphatic carbocycles. The van der Waals surface area contributed by atoms with Gasteiger partial charge >= 0.3 is 0 Å². The topological polar surface area (TPSA) is 54.5 Å². The molecule has 0 aliphatic heterocycles. The van der Waals surface area contributed by atoms with Crippen LogP contribution in [0.3, 0.4) is 0 Å². The van der Waals surface area contributed by atoms with Gasteiger partial charge in [0.25, 0.3) is 0 Å². The maximum absolute atomic E-state index is 12.5. The van der Waals surface area contributed by atoms with Crippen molar-refractivity contribution in [1.82, 2.24) is 0 Å². The Morgan fingerprint density at radius 1 is 1.32 bits per heavy atom. The van der Waals surface area contributed by atoms with Gasteiger partial charge in [0.1, 0.15) is 0 Å². The monoisotopic (exact) mass is 323 g/mol. The van der Waals surface area contributed by atoms with Crippen molar-refractivity contribution in [3.05, 3.63) is 24.3 Å². The van der Waals surface area contributed by atoms with E-state index in [-0.39, 0.29) is 10.8 Å². The Bertz CT molecular complexity index is 639. The molecule has 0 saturated heterocycles. The van der Waals surface area contributed by atoms with Gasteiger partial charge in [0.2, 0.25) is 5.91 Å². The van der Waals surface area contributed by atoms with E-state index in [0.717, 1.165) is 12.8 Å². The standard InChI is InChI=1S/C17H25NO3S/c1-13-6-4-7-14(10-13)11-17(19)18(2)15-8-5-9-16(12-15)22(3,20)21/h5,8-9,12-14H,4,6-7,10-11H2,1-3H3. The molecule has 1 amide bonds. The van der Waals surface area contributed by atoms with E-state index in [9.17, 15) is 13.2 Å². The molecule has 0 radical (unpaired) electrons. The fourth-order valence-electron chi connectivity index (χ4n) is 3.20. The highest BCUT2D eigenvalue weighted by Crippen LogP contribution is 2.31. The molecular weight excluding hydrogens is 298 g/mol. The molecule has 22 heavy (non-hydrogen) atoms. The first-order valence-electron chi connectivity index (χ1n) is 7.84. The zero-order chi connectivity index (χ0) is 16.3. The van der Waals surface area contributed by atoms with Crippen molar-refractivity contribution in [3.63, 3.8) is 0 Å². The number of carbonyl (C=O) groups is 1. The molecule has 1 aromatic rings. The number of nitrogens with zero attached hydrogens (tertiary/aromatic N) is 1. The van der Waals surface area contributed by atoms with Gasteiger partial charge < -0.3 is 4.90 Å². The van der Waals surface area contributed by atoms with Crippen molar-refractivity contribution in [2.24, 2.45) is 11.8 Å². The first-order valence-corrected chi connectivity index (χ1v) is 9.73. The highest BCUT2D eigenvalue weighted by Gasteiger charge is 2.23. The van der Waals surface area contributed by atoms with Crippen LogP contribution in [0.15, 0.2) is 29.2 Å². The van der Waals surface area contributed by atoms with Crippen molar-refractivity contribution in [1.29, 1.82) is 0 Å². The Hall–Kier alpha value is -1.36. The van der Waals surface area contributed by atoms with Crippen LogP contribution < -0.4 is 4.90 Å². The zero-order valence-corrected chi connectivity index (χ0v) is 14.4. The number of sulfone groups is 1. The van der Waals surface area contributed by atoms with E-state index in [1.54, 1.807) is 36.2 Å². The lowest BCUT2D eigenvalue weighted by Crippen LogP contribution is -2.29. The summed E-state index contributed by atoms with van der Waals surface area (Å²) < 4.78 is 23.3. The summed E-state index contributed by atoms with van der Waals surface area (Å²) in [6.45, 7) is 2.25. The van der Waals surface area contributed by atoms with Crippen LogP contribution in [-0.2, 0) is 14.6 Å². The first-order chi connectivity index (χ1) is 10.3. The third-order valence-corrected chi connectivity index (χ3v) is 5.63. The smallest absolute Gasteiger partial charge is 0.226 e. The molecule has 2 atom stereocenters. The summed E-state index contributed by atoms with van der Waals surface area (Å²) >= 11 is 0. The molecule has 1 aliphatic rings. The number of carbonyl (C=O) groups excluding carboxylic acids is 1. The minimum absolute atomic E-state index is 0.0600. The van der Waals surface area contributed by atoms with E-state index in [1.807, 2.05) is 0 Å². The van der Waals surface area contributed by atoms with Gasteiger partial charge in [0.15, 0.2) is 9.84 Å². The number of hydrogen-bond acceptors (Lipinski definition) is 3. The molecule has 1 saturated carbocycles. The second-order valence-corrected chi connectivity index (χ2v) is 8.58. The van der Waals surface area contributed by atoms with E-state index in [2.05, 4.69) is 6.92 Å². The maximum Gasteiger partial charge on any atom is 0.226 e. The number of hydrogen-bond donors (Lipinski definition) is 0. The largest absolute Gasteiger partial charge is 0.315 e. The third-order valence-electron chi connectivity index (χ3n) is 4.52. The zero-order valence-electron chi connectivity index (χ0n) is 13.6. The fraction of sp³-hybridized carbons (Fsp3) is 0.588. The molecule has 2 rings (SSSR count). The molecular formula is C17H25NO3S. The molecule has 0 aromatic heterocycles. The van der Waals surface area contributed by atoms with Crippen LogP contribution in [0.5, 0.6) is 0 Å². The SMILES string of the molecule is CC1CCCC(CC(=O)N(C)c2cccc(S(C)(=O)=O)c2)C1. The van der Waals surface area contributed by atoms with Crippen LogP contribution in [0.4, 0.5) is 5.69 Å². The molecule has 4 nitrogen and oxygen atoms in total. The normalized spacial score (nSPS) is 22.3. The van der Waals surface area contributed by atoms with E-state index < -0.39 is 9.84 Å². The second kappa shape index (κ2) is 6.82. The summed E-state index contributed by atoms with van der Waals surface area (Å²) in [4.78, 5) is 14.3. The lowest BCUT2D eigenvalue weighted by atomic mass is 9.80. The average Bonchev–Trinajstić information content (AvgIpc) is 2.45. The van der Waals surface area contributed by atoms with Gasteiger partial charge in [-0.25, -0.2) is 8.42 Å². The first kappa shape index (κ1) is 17.0. The molecule has 1 aromatic carbocycles.